The van der Waals surface area contributed by atoms with Crippen LogP contribution in [0.25, 0.3) is 11.3 Å². The summed E-state index contributed by atoms with van der Waals surface area (Å²) in [5.41, 5.74) is 7.76. The average Bonchev–Trinajstić information content (AvgIpc) is 2.87. The van der Waals surface area contributed by atoms with E-state index in [1.54, 1.807) is 18.4 Å². The van der Waals surface area contributed by atoms with E-state index in [1.807, 2.05) is 24.3 Å². The number of nitrogens with two attached hydrogens (primary N) is 1. The Morgan fingerprint density at radius 2 is 2.06 bits per heavy atom. The Hall–Kier alpha value is -1.39. The molecule has 0 aliphatic heterocycles. The van der Waals surface area contributed by atoms with Crippen LogP contribution >= 0.6 is 11.3 Å². The van der Waals surface area contributed by atoms with Crippen LogP contribution in [-0.4, -0.2) is 18.6 Å². The Labute approximate surface area is 105 Å². The zero-order valence-corrected chi connectivity index (χ0v) is 10.8. The van der Waals surface area contributed by atoms with Gasteiger partial charge in [0.05, 0.1) is 17.8 Å². The topological polar surface area (TPSA) is 48.1 Å². The number of rotatable bonds is 4. The molecule has 1 aromatic heterocycles. The highest BCUT2D eigenvalue weighted by molar-refractivity contribution is 7.10. The summed E-state index contributed by atoms with van der Waals surface area (Å²) in [4.78, 5) is 4.60. The molecule has 0 bridgehead atoms. The molecule has 4 heteroatoms. The number of thiazole rings is 1. The molecular weight excluding hydrogens is 232 g/mol. The molecule has 3 nitrogen and oxygen atoms in total. The standard InChI is InChI=1S/C13H16N2OS/c1-9(7-14)13-15-12(8-17-13)10-3-5-11(16-2)6-4-10/h3-6,8-9H,7,14H2,1-2H3. The van der Waals surface area contributed by atoms with Crippen LogP contribution in [0.4, 0.5) is 0 Å². The molecule has 0 aliphatic rings. The molecule has 90 valence electrons. The molecule has 0 saturated carbocycles. The third kappa shape index (κ3) is 2.65. The average molecular weight is 248 g/mol. The Morgan fingerprint density at radius 1 is 1.35 bits per heavy atom. The van der Waals surface area contributed by atoms with E-state index in [2.05, 4.69) is 17.3 Å². The monoisotopic (exact) mass is 248 g/mol. The van der Waals surface area contributed by atoms with E-state index < -0.39 is 0 Å². The van der Waals surface area contributed by atoms with Gasteiger partial charge < -0.3 is 10.5 Å². The lowest BCUT2D eigenvalue weighted by Gasteiger charge is -2.03. The molecule has 17 heavy (non-hydrogen) atoms. The van der Waals surface area contributed by atoms with Gasteiger partial charge in [-0.3, -0.25) is 0 Å². The van der Waals surface area contributed by atoms with E-state index in [-0.39, 0.29) is 0 Å². The Morgan fingerprint density at radius 3 is 2.65 bits per heavy atom. The summed E-state index contributed by atoms with van der Waals surface area (Å²) in [5.74, 6) is 1.19. The lowest BCUT2D eigenvalue weighted by atomic mass is 10.1. The zero-order chi connectivity index (χ0) is 12.3. The minimum Gasteiger partial charge on any atom is -0.497 e. The van der Waals surface area contributed by atoms with E-state index >= 15 is 0 Å². The molecule has 2 N–H and O–H groups in total. The van der Waals surface area contributed by atoms with Crippen molar-refractivity contribution in [3.05, 3.63) is 34.7 Å². The Kier molecular flexibility index (Phi) is 3.76. The van der Waals surface area contributed by atoms with Crippen molar-refractivity contribution in [1.82, 2.24) is 4.98 Å². The Bertz CT molecular complexity index is 478. The lowest BCUT2D eigenvalue weighted by molar-refractivity contribution is 0.415. The summed E-state index contributed by atoms with van der Waals surface area (Å²) in [6.07, 6.45) is 0. The first-order valence-electron chi connectivity index (χ1n) is 5.54. The highest BCUT2D eigenvalue weighted by Gasteiger charge is 2.09. The van der Waals surface area contributed by atoms with Gasteiger partial charge >= 0.3 is 0 Å². The van der Waals surface area contributed by atoms with Crippen LogP contribution in [0, 0.1) is 0 Å². The number of nitrogens with zero attached hydrogens (tertiary/aromatic N) is 1. The van der Waals surface area contributed by atoms with E-state index in [0.717, 1.165) is 22.0 Å². The second kappa shape index (κ2) is 5.29. The van der Waals surface area contributed by atoms with Gasteiger partial charge in [0.25, 0.3) is 0 Å². The summed E-state index contributed by atoms with van der Waals surface area (Å²) in [5, 5.41) is 3.17. The van der Waals surface area contributed by atoms with Gasteiger partial charge in [0.1, 0.15) is 5.75 Å². The molecule has 1 atom stereocenters. The molecule has 0 aliphatic carbocycles. The first-order chi connectivity index (χ1) is 8.24. The summed E-state index contributed by atoms with van der Waals surface area (Å²) >= 11 is 1.66. The first kappa shape index (κ1) is 12.1. The van der Waals surface area contributed by atoms with Crippen LogP contribution in [0.15, 0.2) is 29.6 Å². The molecule has 1 heterocycles. The second-order valence-corrected chi connectivity index (χ2v) is 4.83. The number of methoxy groups -OCH3 is 1. The third-order valence-corrected chi connectivity index (χ3v) is 3.76. The summed E-state index contributed by atoms with van der Waals surface area (Å²) in [6.45, 7) is 2.73. The largest absolute Gasteiger partial charge is 0.497 e. The van der Waals surface area contributed by atoms with E-state index in [9.17, 15) is 0 Å². The first-order valence-corrected chi connectivity index (χ1v) is 6.42. The van der Waals surface area contributed by atoms with Gasteiger partial charge in [-0.05, 0) is 24.3 Å². The summed E-state index contributed by atoms with van der Waals surface area (Å²) < 4.78 is 5.13. The van der Waals surface area contributed by atoms with Crippen LogP contribution in [-0.2, 0) is 0 Å². The maximum atomic E-state index is 5.64. The minimum atomic E-state index is 0.326. The lowest BCUT2D eigenvalue weighted by Crippen LogP contribution is -2.08. The maximum Gasteiger partial charge on any atom is 0.118 e. The fraction of sp³-hybridized carbons (Fsp3) is 0.308. The number of hydrogen-bond donors (Lipinski definition) is 1. The van der Waals surface area contributed by atoms with Gasteiger partial charge in [0.2, 0.25) is 0 Å². The molecule has 0 spiro atoms. The van der Waals surface area contributed by atoms with Gasteiger partial charge in [-0.25, -0.2) is 4.98 Å². The molecule has 0 radical (unpaired) electrons. The molecule has 0 saturated heterocycles. The number of ether oxygens (including phenoxy) is 1. The van der Waals surface area contributed by atoms with Crippen LogP contribution in [0.2, 0.25) is 0 Å². The van der Waals surface area contributed by atoms with Crippen molar-refractivity contribution in [2.24, 2.45) is 5.73 Å². The van der Waals surface area contributed by atoms with Gasteiger partial charge in [-0.1, -0.05) is 6.92 Å². The molecule has 2 rings (SSSR count). The van der Waals surface area contributed by atoms with Crippen molar-refractivity contribution >= 4 is 11.3 Å². The van der Waals surface area contributed by atoms with Crippen molar-refractivity contribution in [3.8, 4) is 17.0 Å². The van der Waals surface area contributed by atoms with E-state index in [4.69, 9.17) is 10.5 Å². The Balaban J connectivity index is 2.24. The predicted octanol–water partition coefficient (Wildman–Crippen LogP) is 2.88. The van der Waals surface area contributed by atoms with Gasteiger partial charge in [-0.15, -0.1) is 11.3 Å². The van der Waals surface area contributed by atoms with Gasteiger partial charge in [0, 0.05) is 23.4 Å². The molecule has 1 aromatic carbocycles. The van der Waals surface area contributed by atoms with Gasteiger partial charge in [-0.2, -0.15) is 0 Å². The third-order valence-electron chi connectivity index (χ3n) is 2.68. The molecule has 1 unspecified atom stereocenters. The molecule has 0 amide bonds. The summed E-state index contributed by atoms with van der Waals surface area (Å²) in [6, 6.07) is 7.93. The maximum absolute atomic E-state index is 5.64. The predicted molar refractivity (Wildman–Crippen MR) is 71.6 cm³/mol. The SMILES string of the molecule is COc1ccc(-c2csc(C(C)CN)n2)cc1. The normalized spacial score (nSPS) is 12.4. The number of benzene rings is 1. The second-order valence-electron chi connectivity index (χ2n) is 3.94. The van der Waals surface area contributed by atoms with E-state index in [1.165, 1.54) is 0 Å². The fourth-order valence-corrected chi connectivity index (χ4v) is 2.41. The van der Waals surface area contributed by atoms with Crippen molar-refractivity contribution in [1.29, 1.82) is 0 Å². The van der Waals surface area contributed by atoms with Crippen LogP contribution in [0.1, 0.15) is 17.8 Å². The molecule has 2 aromatic rings. The van der Waals surface area contributed by atoms with Crippen molar-refractivity contribution < 1.29 is 4.74 Å². The highest BCUT2D eigenvalue weighted by Crippen LogP contribution is 2.27. The van der Waals surface area contributed by atoms with Crippen molar-refractivity contribution in [2.45, 2.75) is 12.8 Å². The van der Waals surface area contributed by atoms with Crippen LogP contribution in [0.5, 0.6) is 5.75 Å². The van der Waals surface area contributed by atoms with Crippen LogP contribution in [0.3, 0.4) is 0 Å². The van der Waals surface area contributed by atoms with Crippen LogP contribution < -0.4 is 10.5 Å². The molecule has 0 fully saturated rings. The smallest absolute Gasteiger partial charge is 0.118 e. The quantitative estimate of drug-likeness (QED) is 0.905. The minimum absolute atomic E-state index is 0.326. The zero-order valence-electron chi connectivity index (χ0n) is 10.0. The van der Waals surface area contributed by atoms with Crippen molar-refractivity contribution in [3.63, 3.8) is 0 Å². The fourth-order valence-electron chi connectivity index (χ4n) is 1.51. The number of aromatic nitrogens is 1. The van der Waals surface area contributed by atoms with E-state index in [0.29, 0.717) is 12.5 Å². The highest BCUT2D eigenvalue weighted by atomic mass is 32.1. The van der Waals surface area contributed by atoms with Crippen molar-refractivity contribution in [2.75, 3.05) is 13.7 Å². The molecular formula is C13H16N2OS. The summed E-state index contributed by atoms with van der Waals surface area (Å²) in [7, 11) is 1.67. The number of hydrogen-bond acceptors (Lipinski definition) is 4. The van der Waals surface area contributed by atoms with Gasteiger partial charge in [0.15, 0.2) is 0 Å².